The van der Waals surface area contributed by atoms with E-state index in [4.69, 9.17) is 0 Å². The molecule has 0 amide bonds. The molecule has 0 spiro atoms. The molecule has 0 saturated heterocycles. The molecule has 3 rings (SSSR count). The average Bonchev–Trinajstić information content (AvgIpc) is 3.01. The second-order valence-corrected chi connectivity index (χ2v) is 7.99. The van der Waals surface area contributed by atoms with Crippen LogP contribution >= 0.6 is 0 Å². The van der Waals surface area contributed by atoms with Crippen molar-refractivity contribution >= 4 is 10.0 Å². The average molecular weight is 354 g/mol. The summed E-state index contributed by atoms with van der Waals surface area (Å²) >= 11 is 0. The Morgan fingerprint density at radius 3 is 2.44 bits per heavy atom. The van der Waals surface area contributed by atoms with Crippen LogP contribution in [0, 0.1) is 6.92 Å². The Kier molecular flexibility index (Phi) is 5.36. The lowest BCUT2D eigenvalue weighted by molar-refractivity contribution is 0.577. The van der Waals surface area contributed by atoms with Crippen molar-refractivity contribution in [2.45, 2.75) is 25.8 Å². The van der Waals surface area contributed by atoms with Gasteiger partial charge < -0.3 is 4.57 Å². The number of aromatic nitrogens is 1. The molecule has 1 heterocycles. The molecule has 0 saturated carbocycles. The van der Waals surface area contributed by atoms with E-state index in [1.54, 1.807) is 0 Å². The predicted octanol–water partition coefficient (Wildman–Crippen LogP) is 3.46. The summed E-state index contributed by atoms with van der Waals surface area (Å²) < 4.78 is 29.3. The zero-order valence-electron chi connectivity index (χ0n) is 14.2. The first-order valence-electron chi connectivity index (χ1n) is 8.23. The quantitative estimate of drug-likeness (QED) is 0.706. The van der Waals surface area contributed by atoms with Crippen LogP contribution in [0.15, 0.2) is 72.9 Å². The molecule has 5 heteroatoms. The van der Waals surface area contributed by atoms with Crippen molar-refractivity contribution in [2.75, 3.05) is 0 Å². The summed E-state index contributed by atoms with van der Waals surface area (Å²) in [5.41, 5.74) is 4.14. The van der Waals surface area contributed by atoms with E-state index >= 15 is 0 Å². The molecule has 0 aliphatic heterocycles. The van der Waals surface area contributed by atoms with Crippen LogP contribution in [0.1, 0.15) is 22.4 Å². The highest BCUT2D eigenvalue weighted by Gasteiger charge is 2.12. The summed E-state index contributed by atoms with van der Waals surface area (Å²) in [5, 5.41) is 0. The summed E-state index contributed by atoms with van der Waals surface area (Å²) in [5.74, 6) is -0.00751. The number of hydrogen-bond donors (Lipinski definition) is 1. The normalized spacial score (nSPS) is 11.6. The fourth-order valence-electron chi connectivity index (χ4n) is 2.80. The summed E-state index contributed by atoms with van der Waals surface area (Å²) in [4.78, 5) is 0. The third-order valence-electron chi connectivity index (χ3n) is 4.03. The molecule has 1 N–H and O–H groups in total. The predicted molar refractivity (Wildman–Crippen MR) is 101 cm³/mol. The molecule has 0 atom stereocenters. The van der Waals surface area contributed by atoms with Gasteiger partial charge in [0.2, 0.25) is 10.0 Å². The number of nitrogens with one attached hydrogen (secondary N) is 1. The molecule has 0 unspecified atom stereocenters. The molecule has 4 nitrogen and oxygen atoms in total. The van der Waals surface area contributed by atoms with Crippen molar-refractivity contribution < 1.29 is 8.42 Å². The van der Waals surface area contributed by atoms with E-state index in [2.05, 4.69) is 34.4 Å². The first kappa shape index (κ1) is 17.5. The molecule has 0 radical (unpaired) electrons. The lowest BCUT2D eigenvalue weighted by atomic mass is 10.1. The second-order valence-electron chi connectivity index (χ2n) is 6.18. The van der Waals surface area contributed by atoms with Crippen molar-refractivity contribution in [1.29, 1.82) is 0 Å². The Labute approximate surface area is 149 Å². The Morgan fingerprint density at radius 2 is 1.68 bits per heavy atom. The van der Waals surface area contributed by atoms with Crippen LogP contribution in [0.3, 0.4) is 0 Å². The van der Waals surface area contributed by atoms with Gasteiger partial charge in [-0.15, -0.1) is 0 Å². The van der Waals surface area contributed by atoms with Crippen LogP contribution in [0.4, 0.5) is 0 Å². The Balaban J connectivity index is 1.65. The lowest BCUT2D eigenvalue weighted by Crippen LogP contribution is -2.26. The van der Waals surface area contributed by atoms with Gasteiger partial charge in [-0.05, 0) is 30.2 Å². The van der Waals surface area contributed by atoms with Gasteiger partial charge in [-0.25, -0.2) is 13.1 Å². The minimum absolute atomic E-state index is 0.00751. The van der Waals surface area contributed by atoms with Gasteiger partial charge in [-0.1, -0.05) is 60.2 Å². The van der Waals surface area contributed by atoms with Gasteiger partial charge in [-0.2, -0.15) is 0 Å². The lowest BCUT2D eigenvalue weighted by Gasteiger charge is -2.11. The largest absolute Gasteiger partial charge is 0.346 e. The maximum Gasteiger partial charge on any atom is 0.216 e. The Hall–Kier alpha value is -2.37. The standard InChI is InChI=1S/C20H22N2O2S/c1-17-7-5-10-19(13-17)15-22-12-6-11-20(22)14-21-25(23,24)16-18-8-3-2-4-9-18/h2-13,21H,14-16H2,1H3. The van der Waals surface area contributed by atoms with Crippen LogP contribution in [-0.4, -0.2) is 13.0 Å². The Bertz CT molecular complexity index is 931. The second kappa shape index (κ2) is 7.68. The van der Waals surface area contributed by atoms with Crippen LogP contribution in [-0.2, 0) is 28.9 Å². The topological polar surface area (TPSA) is 51.1 Å². The van der Waals surface area contributed by atoms with E-state index in [1.165, 1.54) is 11.1 Å². The van der Waals surface area contributed by atoms with Gasteiger partial charge in [0.15, 0.2) is 0 Å². The van der Waals surface area contributed by atoms with Crippen molar-refractivity contribution in [2.24, 2.45) is 0 Å². The minimum atomic E-state index is -3.37. The highest BCUT2D eigenvalue weighted by Crippen LogP contribution is 2.11. The smallest absolute Gasteiger partial charge is 0.216 e. The van der Waals surface area contributed by atoms with Gasteiger partial charge in [-0.3, -0.25) is 0 Å². The number of aryl methyl sites for hydroxylation is 1. The summed E-state index contributed by atoms with van der Waals surface area (Å²) in [7, 11) is -3.37. The van der Waals surface area contributed by atoms with E-state index < -0.39 is 10.0 Å². The number of sulfonamides is 1. The van der Waals surface area contributed by atoms with Crippen LogP contribution < -0.4 is 4.72 Å². The van der Waals surface area contributed by atoms with Crippen LogP contribution in [0.25, 0.3) is 0 Å². The fourth-order valence-corrected chi connectivity index (χ4v) is 3.90. The van der Waals surface area contributed by atoms with E-state index in [-0.39, 0.29) is 12.3 Å². The minimum Gasteiger partial charge on any atom is -0.346 e. The summed E-state index contributed by atoms with van der Waals surface area (Å²) in [6.07, 6.45) is 1.98. The molecule has 0 bridgehead atoms. The zero-order chi connectivity index (χ0) is 17.7. The molecule has 0 fully saturated rings. The number of hydrogen-bond acceptors (Lipinski definition) is 2. The zero-order valence-corrected chi connectivity index (χ0v) is 15.0. The summed E-state index contributed by atoms with van der Waals surface area (Å²) in [6, 6.07) is 21.4. The van der Waals surface area contributed by atoms with Crippen LogP contribution in [0.2, 0.25) is 0 Å². The third-order valence-corrected chi connectivity index (χ3v) is 5.33. The van der Waals surface area contributed by atoms with Crippen molar-refractivity contribution in [3.63, 3.8) is 0 Å². The van der Waals surface area contributed by atoms with Crippen molar-refractivity contribution in [3.8, 4) is 0 Å². The first-order chi connectivity index (χ1) is 12.0. The van der Waals surface area contributed by atoms with Gasteiger partial charge in [0.25, 0.3) is 0 Å². The fraction of sp³-hybridized carbons (Fsp3) is 0.200. The Morgan fingerprint density at radius 1 is 0.920 bits per heavy atom. The van der Waals surface area contributed by atoms with Crippen LogP contribution in [0.5, 0.6) is 0 Å². The monoisotopic (exact) mass is 354 g/mol. The van der Waals surface area contributed by atoms with E-state index in [1.807, 2.05) is 54.7 Å². The molecular formula is C20H22N2O2S. The van der Waals surface area contributed by atoms with Gasteiger partial charge in [0.1, 0.15) is 0 Å². The maximum absolute atomic E-state index is 12.3. The highest BCUT2D eigenvalue weighted by molar-refractivity contribution is 7.88. The number of nitrogens with zero attached hydrogens (tertiary/aromatic N) is 1. The molecule has 0 aliphatic rings. The van der Waals surface area contributed by atoms with Gasteiger partial charge in [0, 0.05) is 18.4 Å². The molecule has 130 valence electrons. The molecule has 2 aromatic carbocycles. The molecule has 1 aromatic heterocycles. The molecular weight excluding hydrogens is 332 g/mol. The molecule has 3 aromatic rings. The maximum atomic E-state index is 12.3. The number of rotatable bonds is 7. The van der Waals surface area contributed by atoms with E-state index in [0.717, 1.165) is 17.8 Å². The van der Waals surface area contributed by atoms with Gasteiger partial charge >= 0.3 is 0 Å². The summed E-state index contributed by atoms with van der Waals surface area (Å²) in [6.45, 7) is 3.08. The van der Waals surface area contributed by atoms with Crippen molar-refractivity contribution in [1.82, 2.24) is 9.29 Å². The third kappa shape index (κ3) is 5.05. The molecule has 0 aliphatic carbocycles. The molecule has 25 heavy (non-hydrogen) atoms. The number of benzene rings is 2. The van der Waals surface area contributed by atoms with Gasteiger partial charge in [0.05, 0.1) is 12.3 Å². The first-order valence-corrected chi connectivity index (χ1v) is 9.88. The van der Waals surface area contributed by atoms with E-state index in [0.29, 0.717) is 0 Å². The SMILES string of the molecule is Cc1cccc(Cn2cccc2CNS(=O)(=O)Cc2ccccc2)c1. The highest BCUT2D eigenvalue weighted by atomic mass is 32.2. The van der Waals surface area contributed by atoms with E-state index in [9.17, 15) is 8.42 Å². The van der Waals surface area contributed by atoms with Crippen molar-refractivity contribution in [3.05, 3.63) is 95.3 Å².